The lowest BCUT2D eigenvalue weighted by atomic mass is 10.3. The second-order valence-corrected chi connectivity index (χ2v) is 5.35. The Hall–Kier alpha value is -0.0600. The first kappa shape index (κ1) is 12.0. The molecule has 0 amide bonds. The summed E-state index contributed by atoms with van der Waals surface area (Å²) in [6.07, 6.45) is 0.893. The maximum absolute atomic E-state index is 11.4. The maximum atomic E-state index is 11.4. The molecule has 0 spiro atoms. The third-order valence-electron chi connectivity index (χ3n) is 1.54. The molecule has 14 heavy (non-hydrogen) atoms. The third kappa shape index (κ3) is 3.59. The van der Waals surface area contributed by atoms with Crippen LogP contribution in [0.4, 0.5) is 5.69 Å². The molecule has 1 rings (SSSR count). The minimum Gasteiger partial charge on any atom is -0.305 e. The van der Waals surface area contributed by atoms with Gasteiger partial charge in [-0.15, -0.1) is 0 Å². The molecule has 0 radical (unpaired) electrons. The molecule has 0 saturated carbocycles. The van der Waals surface area contributed by atoms with E-state index in [2.05, 4.69) is 20.7 Å². The lowest BCUT2D eigenvalue weighted by molar-refractivity contribution is 0.685. The number of hydrogen-bond acceptors (Lipinski definition) is 1. The van der Waals surface area contributed by atoms with Crippen molar-refractivity contribution in [3.63, 3.8) is 0 Å². The van der Waals surface area contributed by atoms with E-state index in [1.54, 1.807) is 6.07 Å². The highest BCUT2D eigenvalue weighted by atomic mass is 79.9. The third-order valence-corrected chi connectivity index (χ3v) is 4.02. The Morgan fingerprint density at radius 1 is 1.57 bits per heavy atom. The van der Waals surface area contributed by atoms with Crippen LogP contribution in [0.25, 0.3) is 0 Å². The van der Waals surface area contributed by atoms with Crippen molar-refractivity contribution in [2.45, 2.75) is 13.3 Å². The van der Waals surface area contributed by atoms with Gasteiger partial charge in [0.05, 0.1) is 5.02 Å². The van der Waals surface area contributed by atoms with Gasteiger partial charge in [0.25, 0.3) is 0 Å². The molecule has 0 aliphatic rings. The zero-order valence-corrected chi connectivity index (χ0v) is 10.9. The molecule has 1 aromatic rings. The van der Waals surface area contributed by atoms with E-state index < -0.39 is 11.0 Å². The molecular formula is C9H11BrClNOS. The normalized spacial score (nSPS) is 12.5. The van der Waals surface area contributed by atoms with Gasteiger partial charge in [-0.05, 0) is 40.5 Å². The van der Waals surface area contributed by atoms with Gasteiger partial charge in [0.2, 0.25) is 0 Å². The molecule has 1 N–H and O–H groups in total. The van der Waals surface area contributed by atoms with Crippen molar-refractivity contribution >= 4 is 44.2 Å². The summed E-state index contributed by atoms with van der Waals surface area (Å²) >= 11 is 9.18. The Labute approximate surface area is 99.8 Å². The molecule has 1 unspecified atom stereocenters. The molecular weight excluding hydrogens is 286 g/mol. The summed E-state index contributed by atoms with van der Waals surface area (Å²) in [5, 5.41) is 0.614. The Kier molecular flexibility index (Phi) is 4.92. The monoisotopic (exact) mass is 295 g/mol. The highest BCUT2D eigenvalue weighted by Crippen LogP contribution is 2.25. The molecule has 78 valence electrons. The first-order valence-corrected chi connectivity index (χ1v) is 6.72. The highest BCUT2D eigenvalue weighted by molar-refractivity contribution is 9.10. The summed E-state index contributed by atoms with van der Waals surface area (Å²) < 4.78 is 15.1. The van der Waals surface area contributed by atoms with Gasteiger partial charge in [-0.25, -0.2) is 4.21 Å². The van der Waals surface area contributed by atoms with E-state index in [1.807, 2.05) is 19.1 Å². The quantitative estimate of drug-likeness (QED) is 0.904. The second-order valence-electron chi connectivity index (χ2n) is 2.78. The van der Waals surface area contributed by atoms with E-state index in [0.717, 1.165) is 16.6 Å². The fourth-order valence-corrected chi connectivity index (χ4v) is 2.22. The maximum Gasteiger partial charge on any atom is 0.117 e. The molecule has 0 heterocycles. The molecule has 1 aromatic carbocycles. The van der Waals surface area contributed by atoms with Crippen LogP contribution in [0.1, 0.15) is 13.3 Å². The number of halogens is 2. The van der Waals surface area contributed by atoms with Gasteiger partial charge in [0.15, 0.2) is 0 Å². The lowest BCUT2D eigenvalue weighted by Crippen LogP contribution is -2.07. The van der Waals surface area contributed by atoms with E-state index in [1.165, 1.54) is 0 Å². The molecule has 0 saturated heterocycles. The Bertz CT molecular complexity index is 346. The molecule has 0 aliphatic carbocycles. The summed E-state index contributed by atoms with van der Waals surface area (Å²) in [5.41, 5.74) is 0.782. The van der Waals surface area contributed by atoms with Crippen LogP contribution in [0, 0.1) is 0 Å². The Morgan fingerprint density at radius 2 is 2.29 bits per heavy atom. The largest absolute Gasteiger partial charge is 0.305 e. The van der Waals surface area contributed by atoms with Crippen molar-refractivity contribution in [3.05, 3.63) is 27.7 Å². The number of rotatable bonds is 4. The molecule has 1 atom stereocenters. The van der Waals surface area contributed by atoms with Gasteiger partial charge in [0, 0.05) is 15.9 Å². The first-order chi connectivity index (χ1) is 6.63. The molecule has 0 aliphatic heterocycles. The minimum absolute atomic E-state index is 0.614. The van der Waals surface area contributed by atoms with Crippen LogP contribution in [0.5, 0.6) is 0 Å². The van der Waals surface area contributed by atoms with Gasteiger partial charge >= 0.3 is 0 Å². The summed E-state index contributed by atoms with van der Waals surface area (Å²) in [5.74, 6) is 0.647. The van der Waals surface area contributed by atoms with Crippen LogP contribution in [-0.4, -0.2) is 9.96 Å². The van der Waals surface area contributed by atoms with E-state index in [0.29, 0.717) is 10.8 Å². The summed E-state index contributed by atoms with van der Waals surface area (Å²) in [6.45, 7) is 1.99. The van der Waals surface area contributed by atoms with E-state index >= 15 is 0 Å². The second kappa shape index (κ2) is 5.73. The van der Waals surface area contributed by atoms with Crippen LogP contribution >= 0.6 is 27.5 Å². The van der Waals surface area contributed by atoms with Crippen LogP contribution in [0.3, 0.4) is 0 Å². The SMILES string of the molecule is CCCS(=O)Nc1ccc(Br)c(Cl)c1. The van der Waals surface area contributed by atoms with Gasteiger partial charge < -0.3 is 4.72 Å². The molecule has 0 bridgehead atoms. The fourth-order valence-electron chi connectivity index (χ4n) is 0.927. The zero-order valence-electron chi connectivity index (χ0n) is 7.72. The summed E-state index contributed by atoms with van der Waals surface area (Å²) in [6, 6.07) is 5.41. The van der Waals surface area contributed by atoms with Gasteiger partial charge in [0.1, 0.15) is 11.0 Å². The number of hydrogen-bond donors (Lipinski definition) is 1. The number of nitrogens with one attached hydrogen (secondary N) is 1. The van der Waals surface area contributed by atoms with Crippen LogP contribution in [0.2, 0.25) is 5.02 Å². The molecule has 0 aromatic heterocycles. The van der Waals surface area contributed by atoms with Crippen LogP contribution < -0.4 is 4.72 Å². The van der Waals surface area contributed by atoms with Crippen molar-refractivity contribution < 1.29 is 4.21 Å². The molecule has 0 fully saturated rings. The van der Waals surface area contributed by atoms with Crippen molar-refractivity contribution in [1.82, 2.24) is 0 Å². The van der Waals surface area contributed by atoms with Crippen molar-refractivity contribution in [2.24, 2.45) is 0 Å². The standard InChI is InChI=1S/C9H11BrClNOS/c1-2-5-14(13)12-7-3-4-8(10)9(11)6-7/h3-4,6,12H,2,5H2,1H3. The van der Waals surface area contributed by atoms with Crippen molar-refractivity contribution in [1.29, 1.82) is 0 Å². The number of benzene rings is 1. The Balaban J connectivity index is 2.68. The molecule has 5 heteroatoms. The summed E-state index contributed by atoms with van der Waals surface area (Å²) in [7, 11) is -1.01. The highest BCUT2D eigenvalue weighted by Gasteiger charge is 2.01. The molecule has 2 nitrogen and oxygen atoms in total. The van der Waals surface area contributed by atoms with Gasteiger partial charge in [-0.2, -0.15) is 0 Å². The minimum atomic E-state index is -1.01. The first-order valence-electron chi connectivity index (χ1n) is 4.23. The van der Waals surface area contributed by atoms with Crippen LogP contribution in [-0.2, 0) is 11.0 Å². The predicted octanol–water partition coefficient (Wildman–Crippen LogP) is 3.59. The van der Waals surface area contributed by atoms with Gasteiger partial charge in [-0.3, -0.25) is 0 Å². The number of anilines is 1. The van der Waals surface area contributed by atoms with Crippen molar-refractivity contribution in [2.75, 3.05) is 10.5 Å². The average Bonchev–Trinajstić information content (AvgIpc) is 2.12. The fraction of sp³-hybridized carbons (Fsp3) is 0.333. The average molecular weight is 297 g/mol. The van der Waals surface area contributed by atoms with E-state index in [4.69, 9.17) is 11.6 Å². The van der Waals surface area contributed by atoms with Crippen LogP contribution in [0.15, 0.2) is 22.7 Å². The lowest BCUT2D eigenvalue weighted by Gasteiger charge is -2.05. The van der Waals surface area contributed by atoms with Gasteiger partial charge in [-0.1, -0.05) is 18.5 Å². The van der Waals surface area contributed by atoms with Crippen molar-refractivity contribution in [3.8, 4) is 0 Å². The smallest absolute Gasteiger partial charge is 0.117 e. The predicted molar refractivity (Wildman–Crippen MR) is 66.1 cm³/mol. The topological polar surface area (TPSA) is 29.1 Å². The van der Waals surface area contributed by atoms with E-state index in [-0.39, 0.29) is 0 Å². The Morgan fingerprint density at radius 3 is 2.86 bits per heavy atom. The van der Waals surface area contributed by atoms with E-state index in [9.17, 15) is 4.21 Å². The summed E-state index contributed by atoms with van der Waals surface area (Å²) in [4.78, 5) is 0. The zero-order chi connectivity index (χ0) is 10.6.